The van der Waals surface area contributed by atoms with Crippen molar-refractivity contribution in [2.45, 2.75) is 18.9 Å². The fourth-order valence-electron chi connectivity index (χ4n) is 0.624. The molecule has 0 bridgehead atoms. The number of hydrogen-bond acceptors (Lipinski definition) is 3. The normalized spacial score (nSPS) is 14.9. The highest BCUT2D eigenvalue weighted by Gasteiger charge is 2.12. The molecule has 68 valence electrons. The van der Waals surface area contributed by atoms with Gasteiger partial charge in [-0.2, -0.15) is 0 Å². The first kappa shape index (κ1) is 11.1. The lowest BCUT2D eigenvalue weighted by atomic mass is 10.2. The Balaban J connectivity index is 3.35. The SMILES string of the molecule is O=P(O)(O)CCCC(O)CO. The molecule has 0 saturated carbocycles. The Hall–Kier alpha value is 0.0700. The number of rotatable bonds is 5. The summed E-state index contributed by atoms with van der Waals surface area (Å²) in [5.41, 5.74) is 0. The molecule has 0 amide bonds. The lowest BCUT2D eigenvalue weighted by Crippen LogP contribution is -2.11. The molecule has 0 aliphatic carbocycles. The van der Waals surface area contributed by atoms with Crippen LogP contribution in [0.2, 0.25) is 0 Å². The summed E-state index contributed by atoms with van der Waals surface area (Å²) in [5.74, 6) is 0. The van der Waals surface area contributed by atoms with E-state index in [9.17, 15) is 4.57 Å². The molecule has 4 N–H and O–H groups in total. The third kappa shape index (κ3) is 7.97. The van der Waals surface area contributed by atoms with E-state index < -0.39 is 13.7 Å². The Bertz CT molecular complexity index is 142. The summed E-state index contributed by atoms with van der Waals surface area (Å²) in [6.07, 6.45) is -0.640. The zero-order valence-corrected chi connectivity index (χ0v) is 6.94. The van der Waals surface area contributed by atoms with Gasteiger partial charge in [-0.15, -0.1) is 0 Å². The molecule has 0 aliphatic rings. The third-order valence-corrected chi connectivity index (χ3v) is 2.10. The molecule has 0 aromatic rings. The summed E-state index contributed by atoms with van der Waals surface area (Å²) in [7, 11) is -3.93. The van der Waals surface area contributed by atoms with Crippen LogP contribution in [0.4, 0.5) is 0 Å². The molecular weight excluding hydrogens is 171 g/mol. The van der Waals surface area contributed by atoms with Crippen molar-refractivity contribution < 1.29 is 24.6 Å². The Morgan fingerprint density at radius 3 is 2.27 bits per heavy atom. The number of hydrogen-bond donors (Lipinski definition) is 4. The minimum atomic E-state index is -3.93. The van der Waals surface area contributed by atoms with Gasteiger partial charge in [0.15, 0.2) is 0 Å². The smallest absolute Gasteiger partial charge is 0.325 e. The van der Waals surface area contributed by atoms with Crippen molar-refractivity contribution in [3.63, 3.8) is 0 Å². The van der Waals surface area contributed by atoms with Gasteiger partial charge in [-0.1, -0.05) is 0 Å². The average molecular weight is 184 g/mol. The fraction of sp³-hybridized carbons (Fsp3) is 1.00. The first-order valence-electron chi connectivity index (χ1n) is 3.29. The maximum Gasteiger partial charge on any atom is 0.325 e. The van der Waals surface area contributed by atoms with Gasteiger partial charge in [0.25, 0.3) is 0 Å². The van der Waals surface area contributed by atoms with Gasteiger partial charge in [-0.25, -0.2) is 0 Å². The molecular formula is C5H13O5P. The molecule has 11 heavy (non-hydrogen) atoms. The highest BCUT2D eigenvalue weighted by atomic mass is 31.2. The average Bonchev–Trinajstić information content (AvgIpc) is 1.85. The van der Waals surface area contributed by atoms with Crippen molar-refractivity contribution in [1.29, 1.82) is 0 Å². The van der Waals surface area contributed by atoms with Crippen LogP contribution in [0.5, 0.6) is 0 Å². The molecule has 0 fully saturated rings. The molecule has 6 heteroatoms. The van der Waals surface area contributed by atoms with Crippen molar-refractivity contribution in [2.75, 3.05) is 12.8 Å². The highest BCUT2D eigenvalue weighted by Crippen LogP contribution is 2.35. The van der Waals surface area contributed by atoms with E-state index in [-0.39, 0.29) is 25.6 Å². The van der Waals surface area contributed by atoms with Crippen molar-refractivity contribution in [1.82, 2.24) is 0 Å². The third-order valence-electron chi connectivity index (χ3n) is 1.20. The topological polar surface area (TPSA) is 98.0 Å². The Labute approximate surface area is 64.8 Å². The zero-order valence-electron chi connectivity index (χ0n) is 6.05. The monoisotopic (exact) mass is 184 g/mol. The van der Waals surface area contributed by atoms with Crippen LogP contribution < -0.4 is 0 Å². The van der Waals surface area contributed by atoms with Crippen LogP contribution in [0.1, 0.15) is 12.8 Å². The molecule has 5 nitrogen and oxygen atoms in total. The summed E-state index contributed by atoms with van der Waals surface area (Å²) in [5, 5.41) is 17.1. The van der Waals surface area contributed by atoms with Crippen LogP contribution in [-0.4, -0.2) is 38.9 Å². The second-order valence-corrected chi connectivity index (χ2v) is 4.14. The van der Waals surface area contributed by atoms with E-state index >= 15 is 0 Å². The maximum absolute atomic E-state index is 10.3. The first-order valence-corrected chi connectivity index (χ1v) is 5.09. The van der Waals surface area contributed by atoms with Gasteiger partial charge in [0, 0.05) is 6.16 Å². The van der Waals surface area contributed by atoms with Crippen molar-refractivity contribution in [3.8, 4) is 0 Å². The summed E-state index contributed by atoms with van der Waals surface area (Å²) in [6.45, 7) is -0.360. The van der Waals surface area contributed by atoms with Gasteiger partial charge in [0.2, 0.25) is 0 Å². The lowest BCUT2D eigenvalue weighted by molar-refractivity contribution is 0.0876. The lowest BCUT2D eigenvalue weighted by Gasteiger charge is -2.06. The second-order valence-electron chi connectivity index (χ2n) is 2.37. The molecule has 0 heterocycles. The van der Waals surface area contributed by atoms with Gasteiger partial charge < -0.3 is 20.0 Å². The largest absolute Gasteiger partial charge is 0.394 e. The standard InChI is InChI=1S/C5H13O5P/c6-4-5(7)2-1-3-11(8,9)10/h5-7H,1-4H2,(H2,8,9,10). The molecule has 0 radical (unpaired) electrons. The van der Waals surface area contributed by atoms with Crippen LogP contribution in [0.25, 0.3) is 0 Å². The van der Waals surface area contributed by atoms with Crippen LogP contribution in [0.15, 0.2) is 0 Å². The summed E-state index contributed by atoms with van der Waals surface area (Å²) >= 11 is 0. The first-order chi connectivity index (χ1) is 4.95. The fourth-order valence-corrected chi connectivity index (χ4v) is 1.22. The minimum Gasteiger partial charge on any atom is -0.394 e. The van der Waals surface area contributed by atoms with E-state index in [1.807, 2.05) is 0 Å². The summed E-state index contributed by atoms with van der Waals surface area (Å²) in [4.78, 5) is 16.7. The predicted molar refractivity (Wildman–Crippen MR) is 39.2 cm³/mol. The summed E-state index contributed by atoms with van der Waals surface area (Å²) in [6, 6.07) is 0. The van der Waals surface area contributed by atoms with E-state index in [2.05, 4.69) is 0 Å². The molecule has 0 saturated heterocycles. The van der Waals surface area contributed by atoms with Gasteiger partial charge >= 0.3 is 7.60 Å². The van der Waals surface area contributed by atoms with E-state index in [0.29, 0.717) is 0 Å². The zero-order chi connectivity index (χ0) is 8.91. The highest BCUT2D eigenvalue weighted by molar-refractivity contribution is 7.51. The van der Waals surface area contributed by atoms with Crippen molar-refractivity contribution in [2.24, 2.45) is 0 Å². The van der Waals surface area contributed by atoms with E-state index in [1.165, 1.54) is 0 Å². The summed E-state index contributed by atoms with van der Waals surface area (Å²) < 4.78 is 10.3. The second kappa shape index (κ2) is 4.85. The van der Waals surface area contributed by atoms with Gasteiger partial charge in [-0.05, 0) is 12.8 Å². The van der Waals surface area contributed by atoms with Gasteiger partial charge in [0.1, 0.15) is 0 Å². The molecule has 0 aliphatic heterocycles. The van der Waals surface area contributed by atoms with Crippen LogP contribution >= 0.6 is 7.60 Å². The molecule has 0 spiro atoms. The van der Waals surface area contributed by atoms with Crippen LogP contribution in [-0.2, 0) is 4.57 Å². The molecule has 0 aromatic heterocycles. The number of aliphatic hydroxyl groups excluding tert-OH is 2. The Kier molecular flexibility index (Phi) is 4.88. The van der Waals surface area contributed by atoms with Crippen LogP contribution in [0, 0.1) is 0 Å². The Morgan fingerprint density at radius 2 is 1.91 bits per heavy atom. The Morgan fingerprint density at radius 1 is 1.36 bits per heavy atom. The maximum atomic E-state index is 10.3. The van der Waals surface area contributed by atoms with Gasteiger partial charge in [-0.3, -0.25) is 4.57 Å². The molecule has 1 atom stereocenters. The van der Waals surface area contributed by atoms with Gasteiger partial charge in [0.05, 0.1) is 12.7 Å². The van der Waals surface area contributed by atoms with Crippen LogP contribution in [0.3, 0.4) is 0 Å². The van der Waals surface area contributed by atoms with Crippen molar-refractivity contribution in [3.05, 3.63) is 0 Å². The molecule has 1 unspecified atom stereocenters. The van der Waals surface area contributed by atoms with E-state index in [0.717, 1.165) is 0 Å². The van der Waals surface area contributed by atoms with E-state index in [4.69, 9.17) is 20.0 Å². The minimum absolute atomic E-state index is 0.224. The number of aliphatic hydroxyl groups is 2. The van der Waals surface area contributed by atoms with Crippen molar-refractivity contribution >= 4 is 7.60 Å². The van der Waals surface area contributed by atoms with E-state index in [1.54, 1.807) is 0 Å². The molecule has 0 rings (SSSR count). The quantitative estimate of drug-likeness (QED) is 0.423. The molecule has 0 aromatic carbocycles. The predicted octanol–water partition coefficient (Wildman–Crippen LogP) is -0.703.